The molecule has 94 valence electrons. The van der Waals surface area contributed by atoms with E-state index < -0.39 is 0 Å². The number of nitrogens with one attached hydrogen (secondary N) is 2. The normalized spacial score (nSPS) is 14.8. The van der Waals surface area contributed by atoms with Gasteiger partial charge in [0.15, 0.2) is 0 Å². The third-order valence-corrected chi connectivity index (χ3v) is 2.75. The van der Waals surface area contributed by atoms with Gasteiger partial charge in [0.25, 0.3) is 5.91 Å². The Balaban J connectivity index is 1.92. The molecule has 6 heteroatoms. The van der Waals surface area contributed by atoms with Crippen molar-refractivity contribution < 1.29 is 4.79 Å². The topological polar surface area (TPSA) is 62.2 Å². The van der Waals surface area contributed by atoms with Crippen molar-refractivity contribution in [2.45, 2.75) is 13.1 Å². The smallest absolute Gasteiger partial charge is 0.271 e. The average Bonchev–Trinajstić information content (AvgIpc) is 2.71. The van der Waals surface area contributed by atoms with Crippen LogP contribution in [0.2, 0.25) is 0 Å². The molecule has 0 fully saturated rings. The molecule has 0 aromatic carbocycles. The lowest BCUT2D eigenvalue weighted by atomic mass is 10.3. The molecule has 1 aliphatic heterocycles. The maximum atomic E-state index is 11.8. The maximum Gasteiger partial charge on any atom is 0.271 e. The van der Waals surface area contributed by atoms with E-state index in [1.807, 2.05) is 29.7 Å². The first-order chi connectivity index (χ1) is 8.16. The van der Waals surface area contributed by atoms with Gasteiger partial charge in [-0.2, -0.15) is 5.10 Å². The van der Waals surface area contributed by atoms with Gasteiger partial charge >= 0.3 is 0 Å². The van der Waals surface area contributed by atoms with E-state index in [-0.39, 0.29) is 5.91 Å². The summed E-state index contributed by atoms with van der Waals surface area (Å²) in [5, 5.41) is 10.4. The molecule has 2 N–H and O–H groups in total. The van der Waals surface area contributed by atoms with Crippen LogP contribution < -0.4 is 10.6 Å². The summed E-state index contributed by atoms with van der Waals surface area (Å²) in [6.45, 7) is 4.02. The van der Waals surface area contributed by atoms with Gasteiger partial charge in [-0.05, 0) is 20.2 Å². The van der Waals surface area contributed by atoms with Crippen LogP contribution in [0.4, 0.5) is 0 Å². The Kier molecular flexibility index (Phi) is 3.75. The monoisotopic (exact) mass is 237 g/mol. The highest BCUT2D eigenvalue weighted by Gasteiger charge is 2.15. The Morgan fingerprint density at radius 3 is 3.18 bits per heavy atom. The molecule has 0 unspecified atom stereocenters. The number of hydrogen-bond acceptors (Lipinski definition) is 4. The van der Waals surface area contributed by atoms with Crippen molar-refractivity contribution in [2.75, 3.05) is 33.7 Å². The van der Waals surface area contributed by atoms with Gasteiger partial charge in [-0.3, -0.25) is 9.48 Å². The zero-order valence-corrected chi connectivity index (χ0v) is 10.4. The van der Waals surface area contributed by atoms with Crippen LogP contribution in [-0.2, 0) is 13.1 Å². The van der Waals surface area contributed by atoms with Gasteiger partial charge in [0.05, 0.1) is 12.2 Å². The third-order valence-electron chi connectivity index (χ3n) is 2.75. The summed E-state index contributed by atoms with van der Waals surface area (Å²) in [5.74, 6) is -0.0891. The molecule has 0 radical (unpaired) electrons. The molecule has 0 atom stereocenters. The summed E-state index contributed by atoms with van der Waals surface area (Å²) in [4.78, 5) is 13.8. The van der Waals surface area contributed by atoms with Crippen LogP contribution in [0, 0.1) is 0 Å². The Hall–Kier alpha value is -1.40. The molecule has 1 amide bonds. The van der Waals surface area contributed by atoms with Crippen molar-refractivity contribution in [3.63, 3.8) is 0 Å². The van der Waals surface area contributed by atoms with Gasteiger partial charge < -0.3 is 15.5 Å². The lowest BCUT2D eigenvalue weighted by Crippen LogP contribution is -2.31. The van der Waals surface area contributed by atoms with Gasteiger partial charge in [-0.25, -0.2) is 0 Å². The molecule has 1 aliphatic rings. The molecule has 0 bridgehead atoms. The van der Waals surface area contributed by atoms with E-state index in [1.165, 1.54) is 0 Å². The van der Waals surface area contributed by atoms with E-state index in [1.54, 1.807) is 0 Å². The minimum absolute atomic E-state index is 0.0891. The fraction of sp³-hybridized carbons (Fsp3) is 0.636. The number of fused-ring (bicyclic) bond motifs is 1. The summed E-state index contributed by atoms with van der Waals surface area (Å²) in [7, 11) is 3.96. The molecule has 2 heterocycles. The molecule has 2 rings (SSSR count). The third kappa shape index (κ3) is 3.04. The van der Waals surface area contributed by atoms with Crippen LogP contribution in [0.15, 0.2) is 6.07 Å². The summed E-state index contributed by atoms with van der Waals surface area (Å²) in [6.07, 6.45) is 0. The van der Waals surface area contributed by atoms with Crippen LogP contribution in [0.1, 0.15) is 16.2 Å². The largest absolute Gasteiger partial charge is 0.349 e. The number of hydrogen-bond donors (Lipinski definition) is 2. The quantitative estimate of drug-likeness (QED) is 0.725. The molecule has 0 spiro atoms. The fourth-order valence-electron chi connectivity index (χ4n) is 1.79. The van der Waals surface area contributed by atoms with E-state index >= 15 is 0 Å². The summed E-state index contributed by atoms with van der Waals surface area (Å²) in [5.41, 5.74) is 1.59. The van der Waals surface area contributed by atoms with Crippen LogP contribution in [0.25, 0.3) is 0 Å². The Bertz CT molecular complexity index is 375. The van der Waals surface area contributed by atoms with Gasteiger partial charge in [0.2, 0.25) is 0 Å². The van der Waals surface area contributed by atoms with Crippen molar-refractivity contribution >= 4 is 5.91 Å². The number of aromatic nitrogens is 2. The zero-order valence-electron chi connectivity index (χ0n) is 10.4. The van der Waals surface area contributed by atoms with Crippen LogP contribution in [0.5, 0.6) is 0 Å². The van der Waals surface area contributed by atoms with Gasteiger partial charge in [-0.15, -0.1) is 0 Å². The number of carbonyl (C=O) groups is 1. The second-order valence-electron chi connectivity index (χ2n) is 4.48. The molecule has 6 nitrogen and oxygen atoms in total. The maximum absolute atomic E-state index is 11.8. The molecule has 0 aliphatic carbocycles. The van der Waals surface area contributed by atoms with Crippen molar-refractivity contribution in [1.29, 1.82) is 0 Å². The Morgan fingerprint density at radius 2 is 2.47 bits per heavy atom. The molecule has 0 saturated heterocycles. The average molecular weight is 237 g/mol. The standard InChI is InChI=1S/C11H19N5O/c1-15(2)5-4-13-11(17)10-7-9-8-12-3-6-16(9)14-10/h7,12H,3-6,8H2,1-2H3,(H,13,17). The highest BCUT2D eigenvalue weighted by atomic mass is 16.1. The molecule has 1 aromatic heterocycles. The van der Waals surface area contributed by atoms with E-state index in [0.29, 0.717) is 12.2 Å². The zero-order chi connectivity index (χ0) is 12.3. The van der Waals surface area contributed by atoms with E-state index in [4.69, 9.17) is 0 Å². The minimum atomic E-state index is -0.0891. The molecule has 17 heavy (non-hydrogen) atoms. The predicted molar refractivity (Wildman–Crippen MR) is 64.8 cm³/mol. The number of amides is 1. The molecular weight excluding hydrogens is 218 g/mol. The minimum Gasteiger partial charge on any atom is -0.349 e. The van der Waals surface area contributed by atoms with Gasteiger partial charge in [0.1, 0.15) is 5.69 Å². The lowest BCUT2D eigenvalue weighted by molar-refractivity contribution is 0.0945. The first kappa shape index (κ1) is 12.1. The second-order valence-corrected chi connectivity index (χ2v) is 4.48. The molecule has 0 saturated carbocycles. The Labute approximate surface area is 101 Å². The first-order valence-electron chi connectivity index (χ1n) is 5.87. The highest BCUT2D eigenvalue weighted by molar-refractivity contribution is 5.92. The van der Waals surface area contributed by atoms with E-state index in [2.05, 4.69) is 15.7 Å². The van der Waals surface area contributed by atoms with E-state index in [9.17, 15) is 4.79 Å². The summed E-state index contributed by atoms with van der Waals surface area (Å²) in [6, 6.07) is 1.86. The lowest BCUT2D eigenvalue weighted by Gasteiger charge is -2.13. The number of rotatable bonds is 4. The van der Waals surface area contributed by atoms with Crippen LogP contribution >= 0.6 is 0 Å². The molecular formula is C11H19N5O. The summed E-state index contributed by atoms with van der Waals surface area (Å²) >= 11 is 0. The van der Waals surface area contributed by atoms with Crippen molar-refractivity contribution in [3.05, 3.63) is 17.5 Å². The van der Waals surface area contributed by atoms with Crippen molar-refractivity contribution in [1.82, 2.24) is 25.3 Å². The predicted octanol–water partition coefficient (Wildman–Crippen LogP) is -0.722. The number of likely N-dealkylation sites (N-methyl/N-ethyl adjacent to an activating group) is 1. The van der Waals surface area contributed by atoms with Gasteiger partial charge in [-0.1, -0.05) is 0 Å². The summed E-state index contributed by atoms with van der Waals surface area (Å²) < 4.78 is 1.90. The first-order valence-corrected chi connectivity index (χ1v) is 5.87. The fourth-order valence-corrected chi connectivity index (χ4v) is 1.79. The highest BCUT2D eigenvalue weighted by Crippen LogP contribution is 2.07. The molecule has 1 aromatic rings. The SMILES string of the molecule is CN(C)CCNC(=O)c1cc2n(n1)CCNC2. The van der Waals surface area contributed by atoms with Crippen molar-refractivity contribution in [3.8, 4) is 0 Å². The second kappa shape index (κ2) is 5.29. The van der Waals surface area contributed by atoms with E-state index in [0.717, 1.165) is 31.9 Å². The number of carbonyl (C=O) groups excluding carboxylic acids is 1. The van der Waals surface area contributed by atoms with Crippen LogP contribution in [0.3, 0.4) is 0 Å². The van der Waals surface area contributed by atoms with Crippen LogP contribution in [-0.4, -0.2) is 54.3 Å². The number of nitrogens with zero attached hydrogens (tertiary/aromatic N) is 3. The van der Waals surface area contributed by atoms with Crippen molar-refractivity contribution in [2.24, 2.45) is 0 Å². The Morgan fingerprint density at radius 1 is 1.65 bits per heavy atom. The van der Waals surface area contributed by atoms with Gasteiger partial charge in [0, 0.05) is 26.2 Å².